The first kappa shape index (κ1) is 41.1. The zero-order valence-corrected chi connectivity index (χ0v) is 29.0. The van der Waals surface area contributed by atoms with Gasteiger partial charge in [-0.25, -0.2) is 0 Å². The van der Waals surface area contributed by atoms with Gasteiger partial charge in [-0.2, -0.15) is 0 Å². The Bertz CT molecular complexity index is 1450. The van der Waals surface area contributed by atoms with Crippen LogP contribution in [-0.4, -0.2) is 34.9 Å². The Morgan fingerprint density at radius 1 is 0.596 bits per heavy atom. The molecule has 0 aliphatic heterocycles. The van der Waals surface area contributed by atoms with E-state index < -0.39 is 28.7 Å². The number of ketones is 1. The highest BCUT2D eigenvalue weighted by Crippen LogP contribution is 2.43. The molecule has 7 nitrogen and oxygen atoms in total. The Kier molecular flexibility index (Phi) is 16.1. The molecule has 0 saturated carbocycles. The van der Waals surface area contributed by atoms with Gasteiger partial charge in [0.2, 0.25) is 0 Å². The second kappa shape index (κ2) is 18.4. The van der Waals surface area contributed by atoms with Crippen LogP contribution in [0.5, 0.6) is 0 Å². The monoisotopic (exact) mass is 666 g/mol. The number of Topliss-reactive ketones (excluding diaryl/α,β-unsaturated/α-hetero) is 1. The number of hydrogen-bond acceptors (Lipinski definition) is 7. The Morgan fingerprint density at radius 3 is 1.49 bits per heavy atom. The topological polar surface area (TPSA) is 96.0 Å². The van der Waals surface area contributed by atoms with E-state index in [1.165, 1.54) is 0 Å². The van der Waals surface area contributed by atoms with Crippen LogP contribution in [0.4, 0.5) is 0 Å². The lowest BCUT2D eigenvalue weighted by Gasteiger charge is -2.36. The first-order valence-corrected chi connectivity index (χ1v) is 15.9. The largest absolute Gasteiger partial charge is 0.460 e. The molecule has 0 heterocycles. The molecule has 0 fully saturated rings. The van der Waals surface area contributed by atoms with Crippen LogP contribution in [0, 0.1) is 6.92 Å². The lowest BCUT2D eigenvalue weighted by molar-refractivity contribution is -0.161. The number of halogens is 1. The third-order valence-electron chi connectivity index (χ3n) is 6.53. The van der Waals surface area contributed by atoms with Crippen LogP contribution < -0.4 is 0 Å². The predicted molar refractivity (Wildman–Crippen MR) is 187 cm³/mol. The molecule has 47 heavy (non-hydrogen) atoms. The van der Waals surface area contributed by atoms with E-state index in [1.54, 1.807) is 33.8 Å². The number of rotatable bonds is 11. The summed E-state index contributed by atoms with van der Waals surface area (Å²) in [6.07, 6.45) is 0.801. The molecule has 3 rings (SSSR count). The van der Waals surface area contributed by atoms with Crippen molar-refractivity contribution in [2.24, 2.45) is 0 Å². The van der Waals surface area contributed by atoms with Crippen molar-refractivity contribution in [2.45, 2.75) is 112 Å². The van der Waals surface area contributed by atoms with Gasteiger partial charge in [0.1, 0.15) is 17.0 Å². The molecule has 0 saturated heterocycles. The maximum atomic E-state index is 13.2. The number of carbonyl (C=O) groups is 4. The lowest BCUT2D eigenvalue weighted by atomic mass is 9.79. The number of benzene rings is 3. The molecule has 256 valence electrons. The summed E-state index contributed by atoms with van der Waals surface area (Å²) in [5, 5.41) is 0.474. The van der Waals surface area contributed by atoms with Gasteiger partial charge < -0.3 is 14.2 Å². The van der Waals surface area contributed by atoms with E-state index >= 15 is 0 Å². The molecule has 0 aliphatic rings. The second-order valence-corrected chi connectivity index (χ2v) is 13.3. The van der Waals surface area contributed by atoms with E-state index in [0.29, 0.717) is 23.4 Å². The number of hydrogen-bond donors (Lipinski definition) is 0. The Labute approximate surface area is 286 Å². The highest BCUT2D eigenvalue weighted by atomic mass is 35.5. The molecule has 0 spiro atoms. The van der Waals surface area contributed by atoms with Gasteiger partial charge in [0, 0.05) is 34.6 Å². The maximum Gasteiger partial charge on any atom is 0.307 e. The minimum absolute atomic E-state index is 0. The van der Waals surface area contributed by atoms with Gasteiger partial charge in [-0.15, -0.1) is 0 Å². The van der Waals surface area contributed by atoms with Crippen molar-refractivity contribution in [2.75, 3.05) is 0 Å². The van der Waals surface area contributed by atoms with Crippen LogP contribution in [0.1, 0.15) is 110 Å². The smallest absolute Gasteiger partial charge is 0.307 e. The molecule has 0 aromatic heterocycles. The lowest BCUT2D eigenvalue weighted by Crippen LogP contribution is -2.36. The molecule has 0 radical (unpaired) electrons. The molecule has 8 heteroatoms. The fourth-order valence-electron chi connectivity index (χ4n) is 4.49. The molecule has 0 bridgehead atoms. The summed E-state index contributed by atoms with van der Waals surface area (Å²) < 4.78 is 16.6. The van der Waals surface area contributed by atoms with E-state index in [9.17, 15) is 19.2 Å². The van der Waals surface area contributed by atoms with Crippen molar-refractivity contribution < 1.29 is 33.4 Å². The number of ether oxygens (including phenoxy) is 3. The van der Waals surface area contributed by atoms with Crippen molar-refractivity contribution in [1.29, 1.82) is 0 Å². The third-order valence-corrected chi connectivity index (χ3v) is 6.86. The van der Waals surface area contributed by atoms with E-state index in [1.807, 2.05) is 100 Å². The van der Waals surface area contributed by atoms with E-state index in [-0.39, 0.29) is 38.4 Å². The van der Waals surface area contributed by atoms with Crippen LogP contribution in [0.3, 0.4) is 0 Å². The SMILES string of the molecule is C.CCC(=O)CCC(=O)OC(C)(C)C.Cc1ccc(C(OC(=O)CCC(=O)OC(C)(C)C)(c2ccccc2)c2ccccc2Cl)cc1. The van der Waals surface area contributed by atoms with Gasteiger partial charge in [-0.1, -0.05) is 104 Å². The maximum absolute atomic E-state index is 13.2. The molecule has 1 atom stereocenters. The summed E-state index contributed by atoms with van der Waals surface area (Å²) in [6, 6.07) is 24.6. The number of esters is 3. The van der Waals surface area contributed by atoms with Crippen LogP contribution in [0.25, 0.3) is 0 Å². The molecular formula is C39H51ClO7. The van der Waals surface area contributed by atoms with E-state index in [4.69, 9.17) is 25.8 Å². The molecule has 0 N–H and O–H groups in total. The minimum atomic E-state index is -1.28. The predicted octanol–water partition coefficient (Wildman–Crippen LogP) is 9.33. The number of carbonyl (C=O) groups excluding carboxylic acids is 4. The average molecular weight is 667 g/mol. The molecule has 3 aromatic rings. The molecule has 3 aromatic carbocycles. The summed E-state index contributed by atoms with van der Waals surface area (Å²) in [4.78, 5) is 47.3. The zero-order valence-electron chi connectivity index (χ0n) is 28.3. The van der Waals surface area contributed by atoms with Crippen molar-refractivity contribution in [3.63, 3.8) is 0 Å². The first-order chi connectivity index (χ1) is 21.5. The Hall–Kier alpha value is -3.97. The summed E-state index contributed by atoms with van der Waals surface area (Å²) in [7, 11) is 0. The van der Waals surface area contributed by atoms with Gasteiger partial charge >= 0.3 is 17.9 Å². The average Bonchev–Trinajstić information content (AvgIpc) is 2.97. The first-order valence-electron chi connectivity index (χ1n) is 15.5. The summed E-state index contributed by atoms with van der Waals surface area (Å²) >= 11 is 6.66. The van der Waals surface area contributed by atoms with Gasteiger partial charge in [-0.05, 0) is 54.5 Å². The highest BCUT2D eigenvalue weighted by molar-refractivity contribution is 6.31. The standard InChI is InChI=1S/C28H29ClO4.C10H18O3.CH4/c1-20-14-16-22(17-15-20)28(21-10-6-5-7-11-21,23-12-8-9-13-24(23)29)33-26(31)19-18-25(30)32-27(2,3)4;1-5-8(11)6-7-9(12)13-10(2,3)4;/h5-17H,18-19H2,1-4H3;5-7H2,1-4H3;1H4. The summed E-state index contributed by atoms with van der Waals surface area (Å²) in [6.45, 7) is 14.6. The zero-order chi connectivity index (χ0) is 34.5. The molecule has 0 amide bonds. The second-order valence-electron chi connectivity index (χ2n) is 12.9. The highest BCUT2D eigenvalue weighted by Gasteiger charge is 2.42. The van der Waals surface area contributed by atoms with Crippen molar-refractivity contribution in [3.05, 3.63) is 106 Å². The van der Waals surface area contributed by atoms with Crippen LogP contribution in [0.15, 0.2) is 78.9 Å². The van der Waals surface area contributed by atoms with Crippen LogP contribution in [0.2, 0.25) is 5.02 Å². The summed E-state index contributed by atoms with van der Waals surface area (Å²) in [5.74, 6) is -1.16. The quantitative estimate of drug-likeness (QED) is 0.114. The van der Waals surface area contributed by atoms with Gasteiger partial charge in [0.15, 0.2) is 5.60 Å². The van der Waals surface area contributed by atoms with Crippen LogP contribution in [-0.2, 0) is 39.0 Å². The van der Waals surface area contributed by atoms with Crippen molar-refractivity contribution in [3.8, 4) is 0 Å². The molecule has 1 unspecified atom stereocenters. The third kappa shape index (κ3) is 13.7. The fraction of sp³-hybridized carbons (Fsp3) is 0.436. The fourth-order valence-corrected chi connectivity index (χ4v) is 4.76. The van der Waals surface area contributed by atoms with E-state index in [2.05, 4.69) is 0 Å². The minimum Gasteiger partial charge on any atom is -0.460 e. The van der Waals surface area contributed by atoms with Gasteiger partial charge in [0.05, 0.1) is 19.3 Å². The van der Waals surface area contributed by atoms with E-state index in [0.717, 1.165) is 16.7 Å². The molecule has 0 aliphatic carbocycles. The van der Waals surface area contributed by atoms with Gasteiger partial charge in [-0.3, -0.25) is 19.2 Å². The van der Waals surface area contributed by atoms with Crippen molar-refractivity contribution in [1.82, 2.24) is 0 Å². The Morgan fingerprint density at radius 2 is 1.02 bits per heavy atom. The van der Waals surface area contributed by atoms with Crippen LogP contribution >= 0.6 is 11.6 Å². The molecular weight excluding hydrogens is 616 g/mol. The van der Waals surface area contributed by atoms with Crippen molar-refractivity contribution >= 4 is 35.3 Å². The van der Waals surface area contributed by atoms with Gasteiger partial charge in [0.25, 0.3) is 0 Å². The summed E-state index contributed by atoms with van der Waals surface area (Å²) in [5.41, 5.74) is 0.896. The normalized spacial score (nSPS) is 12.3. The Balaban J connectivity index is 0.000000670. The number of aryl methyl sites for hydroxylation is 1.